The molecule has 2 atom stereocenters. The van der Waals surface area contributed by atoms with Gasteiger partial charge >= 0.3 is 5.97 Å². The average Bonchev–Trinajstić information content (AvgIpc) is 2.98. The molecule has 0 bridgehead atoms. The van der Waals surface area contributed by atoms with Gasteiger partial charge in [-0.05, 0) is 62.7 Å². The number of nitrogens with two attached hydrogens (primary N) is 1. The van der Waals surface area contributed by atoms with Gasteiger partial charge in [-0.25, -0.2) is 4.79 Å². The molecule has 0 fully saturated rings. The number of nitrogens with one attached hydrogen (secondary N) is 1. The molecule has 11 heteroatoms. The van der Waals surface area contributed by atoms with Gasteiger partial charge in [-0.3, -0.25) is 4.79 Å². The van der Waals surface area contributed by atoms with Crippen LogP contribution in [0.1, 0.15) is 57.8 Å². The maximum atomic E-state index is 12.1. The summed E-state index contributed by atoms with van der Waals surface area (Å²) >= 11 is 11.3. The molecule has 0 aromatic heterocycles. The van der Waals surface area contributed by atoms with E-state index < -0.39 is 5.97 Å². The molecule has 0 spiro atoms. The van der Waals surface area contributed by atoms with Gasteiger partial charge in [-0.2, -0.15) is 0 Å². The third-order valence-electron chi connectivity index (χ3n) is 5.36. The van der Waals surface area contributed by atoms with E-state index in [1.165, 1.54) is 42.0 Å². The van der Waals surface area contributed by atoms with E-state index in [-0.39, 0.29) is 71.7 Å². The Balaban J connectivity index is 0.000000624. The van der Waals surface area contributed by atoms with Gasteiger partial charge in [-0.15, -0.1) is 0 Å². The number of carbonyl (C=O) groups is 2. The largest absolute Gasteiger partial charge is 0.507 e. The van der Waals surface area contributed by atoms with Crippen LogP contribution in [0.2, 0.25) is 10.0 Å². The van der Waals surface area contributed by atoms with E-state index in [2.05, 4.69) is 13.7 Å². The molecule has 2 radical (unpaired) electrons. The minimum absolute atomic E-state index is 0. The van der Waals surface area contributed by atoms with Crippen molar-refractivity contribution in [3.63, 3.8) is 0 Å². The van der Waals surface area contributed by atoms with Gasteiger partial charge in [0.25, 0.3) is 5.91 Å². The van der Waals surface area contributed by atoms with Gasteiger partial charge in [0, 0.05) is 55.6 Å². The number of rotatable bonds is 5. The maximum absolute atomic E-state index is 12.1. The summed E-state index contributed by atoms with van der Waals surface area (Å²) in [6.45, 7) is 3.87. The van der Waals surface area contributed by atoms with Gasteiger partial charge in [0.05, 0.1) is 11.6 Å². The molecule has 0 unspecified atom stereocenters. The first kappa shape index (κ1) is 36.1. The van der Waals surface area contributed by atoms with E-state index in [0.717, 1.165) is 5.56 Å². The summed E-state index contributed by atoms with van der Waals surface area (Å²) in [6, 6.07) is 27.9. The summed E-state index contributed by atoms with van der Waals surface area (Å²) in [7, 11) is 3.75. The average molecular weight is 821 g/mol. The fourth-order valence-electron chi connectivity index (χ4n) is 3.23. The topological polar surface area (TPSA) is 133 Å². The van der Waals surface area contributed by atoms with Crippen molar-refractivity contribution < 1.29 is 56.0 Å². The third kappa shape index (κ3) is 13.1. The number of hydrogen-bond donors (Lipinski definition) is 5. The molecule has 6 N–H and O–H groups in total. The molecule has 41 heavy (non-hydrogen) atoms. The summed E-state index contributed by atoms with van der Waals surface area (Å²) in [4.78, 5) is 22.4. The molecule has 4 aromatic carbocycles. The van der Waals surface area contributed by atoms with Crippen LogP contribution in [0, 0.1) is 31.1 Å². The van der Waals surface area contributed by atoms with Crippen molar-refractivity contribution in [3.8, 4) is 11.5 Å². The minimum atomic E-state index is -1.19. The second-order valence-electron chi connectivity index (χ2n) is 8.43. The summed E-state index contributed by atoms with van der Waals surface area (Å²) in [6.07, 6.45) is 0. The molecule has 4 aromatic rings. The van der Waals surface area contributed by atoms with Crippen molar-refractivity contribution in [1.29, 1.82) is 1.34 Å². The number of aromatic carboxylic acids is 1. The van der Waals surface area contributed by atoms with Crippen LogP contribution >= 0.6 is 23.2 Å². The number of halogens is 2. The second-order valence-corrected chi connectivity index (χ2v) is 9.31. The minimum Gasteiger partial charge on any atom is -0.507 e. The van der Waals surface area contributed by atoms with Crippen molar-refractivity contribution in [3.05, 3.63) is 129 Å². The van der Waals surface area contributed by atoms with Crippen LogP contribution in [0.5, 0.6) is 11.5 Å². The maximum Gasteiger partial charge on any atom is 0.339 e. The summed E-state index contributed by atoms with van der Waals surface area (Å²) in [5.41, 5.74) is 7.80. The van der Waals surface area contributed by atoms with Crippen LogP contribution in [-0.2, 0) is 0 Å². The van der Waals surface area contributed by atoms with Gasteiger partial charge in [0.1, 0.15) is 17.1 Å². The zero-order valence-corrected chi connectivity index (χ0v) is 28.1. The Hall–Kier alpha value is -2.92. The SMILES string of the molecule is C[C@H](N)c1ccccc1.C[C@H](NC(=O)c1cc(Cl)ccc1O)c1ccccc1.O=C(O)c1cc(Cl)ccc1O.[3H][B].[U]. The Bertz CT molecular complexity index is 1390. The molecule has 1 amide bonds. The Morgan fingerprint density at radius 2 is 1.20 bits per heavy atom. The van der Waals surface area contributed by atoms with Gasteiger partial charge in [0.15, 0.2) is 0 Å². The Morgan fingerprint density at radius 1 is 0.780 bits per heavy atom. The molecule has 0 saturated carbocycles. The summed E-state index contributed by atoms with van der Waals surface area (Å²) < 4.78 is 5.25. The first-order valence-corrected chi connectivity index (χ1v) is 12.6. The number of benzene rings is 4. The molecule has 0 aliphatic carbocycles. The number of carboxylic acid groups (broad SMARTS) is 1. The molecule has 4 rings (SSSR count). The van der Waals surface area contributed by atoms with Gasteiger partial charge in [-0.1, -0.05) is 83.9 Å². The number of phenols is 2. The number of amides is 1. The van der Waals surface area contributed by atoms with E-state index in [9.17, 15) is 14.7 Å². The smallest absolute Gasteiger partial charge is 0.339 e. The van der Waals surface area contributed by atoms with E-state index >= 15 is 0 Å². The predicted molar refractivity (Wildman–Crippen MR) is 162 cm³/mol. The van der Waals surface area contributed by atoms with Crippen LogP contribution in [0.15, 0.2) is 97.1 Å². The summed E-state index contributed by atoms with van der Waals surface area (Å²) in [5, 5.41) is 30.6. The number of aromatic hydroxyl groups is 2. The molecule has 0 heterocycles. The fraction of sp³-hybridized carbons (Fsp3) is 0.133. The number of phenolic OH excluding ortho intramolecular Hbond substituents is 1. The van der Waals surface area contributed by atoms with Crippen molar-refractivity contribution >= 4 is 43.5 Å². The number of carboxylic acids is 1. The van der Waals surface area contributed by atoms with Crippen LogP contribution in [0.3, 0.4) is 0 Å². The Morgan fingerprint density at radius 3 is 1.59 bits per heavy atom. The first-order valence-electron chi connectivity index (χ1n) is 12.4. The quantitative estimate of drug-likeness (QED) is 0.150. The Kier molecular flexibility index (Phi) is 16.9. The molecule has 212 valence electrons. The predicted octanol–water partition coefficient (Wildman–Crippen LogP) is 6.34. The van der Waals surface area contributed by atoms with Crippen molar-refractivity contribution in [2.24, 2.45) is 5.73 Å². The van der Waals surface area contributed by atoms with E-state index in [0.29, 0.717) is 10.0 Å². The molecular formula is C30H31BCl2N2O5U. The van der Waals surface area contributed by atoms with Crippen molar-refractivity contribution in [2.75, 3.05) is 0 Å². The molecular weight excluding hydrogens is 788 g/mol. The molecule has 0 aliphatic rings. The second kappa shape index (κ2) is 19.2. The molecule has 0 saturated heterocycles. The first-order chi connectivity index (χ1) is 19.5. The Labute approximate surface area is 277 Å². The number of carbonyl (C=O) groups excluding carboxylic acids is 1. The summed E-state index contributed by atoms with van der Waals surface area (Å²) in [5.74, 6) is -1.90. The van der Waals surface area contributed by atoms with Crippen LogP contribution in [0.25, 0.3) is 0 Å². The van der Waals surface area contributed by atoms with Crippen molar-refractivity contribution in [1.82, 2.24) is 5.32 Å². The number of hydrogen-bond acceptors (Lipinski definition) is 5. The van der Waals surface area contributed by atoms with Crippen LogP contribution in [0.4, 0.5) is 0 Å². The molecule has 0 aliphatic heterocycles. The zero-order chi connectivity index (χ0) is 30.9. The van der Waals surface area contributed by atoms with Gasteiger partial charge in [0.2, 0.25) is 0 Å². The monoisotopic (exact) mass is 820 g/mol. The van der Waals surface area contributed by atoms with E-state index in [1.54, 1.807) is 0 Å². The third-order valence-corrected chi connectivity index (χ3v) is 5.83. The van der Waals surface area contributed by atoms with Crippen LogP contribution in [-0.4, -0.2) is 36.9 Å². The van der Waals surface area contributed by atoms with Crippen molar-refractivity contribution in [2.45, 2.75) is 25.9 Å². The van der Waals surface area contributed by atoms with E-state index in [1.807, 2.05) is 74.5 Å². The standard InChI is InChI=1S/C15H14ClNO2.C8H11N.C7H5ClO3.BH.U/c1-10(11-5-3-2-4-6-11)17-15(19)13-9-12(16)7-8-14(13)18;1-7(9)8-5-3-2-4-6-8;8-4-1-2-6(9)5(3-4)7(10)11;;/h2-10,18H,1H3,(H,17,19);2-7H,9H2,1H3;1-3,9H,(H,10,11);1H;/t10-;7-;;;/m00.../s1/i;;;1T;. The molecule has 7 nitrogen and oxygen atoms in total. The zero-order valence-electron chi connectivity index (χ0n) is 23.5. The van der Waals surface area contributed by atoms with E-state index in [4.69, 9.17) is 40.5 Å². The fourth-order valence-corrected chi connectivity index (χ4v) is 3.57. The normalized spacial score (nSPS) is 11.1. The van der Waals surface area contributed by atoms with Gasteiger partial charge < -0.3 is 26.4 Å². The van der Waals surface area contributed by atoms with Crippen LogP contribution < -0.4 is 11.1 Å².